The Labute approximate surface area is 111 Å². The third-order valence-corrected chi connectivity index (χ3v) is 4.02. The molecule has 0 aliphatic rings. The fourth-order valence-corrected chi connectivity index (χ4v) is 3.19. The molecule has 1 aromatic carbocycles. The molecule has 0 fully saturated rings. The van der Waals surface area contributed by atoms with E-state index in [1.54, 1.807) is 11.3 Å². The lowest BCUT2D eigenvalue weighted by Crippen LogP contribution is -1.92. The van der Waals surface area contributed by atoms with Gasteiger partial charge in [-0.25, -0.2) is 4.98 Å². The van der Waals surface area contributed by atoms with E-state index in [0.29, 0.717) is 5.92 Å². The van der Waals surface area contributed by atoms with Gasteiger partial charge in [0, 0.05) is 15.5 Å². The van der Waals surface area contributed by atoms with Crippen molar-refractivity contribution in [1.82, 2.24) is 4.98 Å². The Bertz CT molecular complexity index is 517. The maximum absolute atomic E-state index is 6.00. The summed E-state index contributed by atoms with van der Waals surface area (Å²) < 4.78 is 0. The minimum Gasteiger partial charge on any atom is -0.241 e. The lowest BCUT2D eigenvalue weighted by molar-refractivity contribution is 0.651. The Hall–Kier alpha value is -0.860. The van der Waals surface area contributed by atoms with Crippen LogP contribution in [0, 0.1) is 12.8 Å². The lowest BCUT2D eigenvalue weighted by Gasteiger charge is -2.00. The molecule has 17 heavy (non-hydrogen) atoms. The van der Waals surface area contributed by atoms with Crippen LogP contribution in [0.15, 0.2) is 24.3 Å². The highest BCUT2D eigenvalue weighted by molar-refractivity contribution is 7.15. The van der Waals surface area contributed by atoms with Gasteiger partial charge in [-0.05, 0) is 31.4 Å². The van der Waals surface area contributed by atoms with E-state index in [9.17, 15) is 0 Å². The van der Waals surface area contributed by atoms with Crippen molar-refractivity contribution in [3.63, 3.8) is 0 Å². The van der Waals surface area contributed by atoms with E-state index >= 15 is 0 Å². The summed E-state index contributed by atoms with van der Waals surface area (Å²) in [6.45, 7) is 6.55. The van der Waals surface area contributed by atoms with Crippen LogP contribution >= 0.6 is 22.9 Å². The Morgan fingerprint density at radius 1 is 1.35 bits per heavy atom. The van der Waals surface area contributed by atoms with Crippen molar-refractivity contribution in [1.29, 1.82) is 0 Å². The number of rotatable bonds is 3. The molecule has 0 aliphatic carbocycles. The van der Waals surface area contributed by atoms with Gasteiger partial charge in [0.2, 0.25) is 0 Å². The summed E-state index contributed by atoms with van der Waals surface area (Å²) in [6.07, 6.45) is 1.10. The monoisotopic (exact) mass is 265 g/mol. The molecule has 1 aromatic heterocycles. The minimum atomic E-state index is 0.668. The largest absolute Gasteiger partial charge is 0.241 e. The highest BCUT2D eigenvalue weighted by Crippen LogP contribution is 2.30. The Morgan fingerprint density at radius 3 is 2.76 bits per heavy atom. The first kappa shape index (κ1) is 12.6. The Kier molecular flexibility index (Phi) is 3.85. The maximum Gasteiger partial charge on any atom is 0.123 e. The van der Waals surface area contributed by atoms with Crippen molar-refractivity contribution in [3.05, 3.63) is 39.9 Å². The van der Waals surface area contributed by atoms with Crippen LogP contribution in [-0.4, -0.2) is 4.98 Å². The van der Waals surface area contributed by atoms with Gasteiger partial charge in [0.1, 0.15) is 5.01 Å². The molecule has 0 unspecified atom stereocenters. The van der Waals surface area contributed by atoms with Gasteiger partial charge in [0.25, 0.3) is 0 Å². The number of aromatic nitrogens is 1. The standard InChI is InChI=1S/C14H16ClNS/c1-9(2)7-13-10(3)16-14(17-13)11-5-4-6-12(15)8-11/h4-6,8-9H,7H2,1-3H3. The topological polar surface area (TPSA) is 12.9 Å². The predicted molar refractivity (Wildman–Crippen MR) is 75.8 cm³/mol. The summed E-state index contributed by atoms with van der Waals surface area (Å²) >= 11 is 7.78. The molecule has 0 spiro atoms. The van der Waals surface area contributed by atoms with E-state index in [4.69, 9.17) is 11.6 Å². The zero-order chi connectivity index (χ0) is 12.4. The van der Waals surface area contributed by atoms with Crippen LogP contribution in [0.5, 0.6) is 0 Å². The quantitative estimate of drug-likeness (QED) is 0.763. The number of thiazole rings is 1. The fraction of sp³-hybridized carbons (Fsp3) is 0.357. The first-order chi connectivity index (χ1) is 8.06. The van der Waals surface area contributed by atoms with E-state index < -0.39 is 0 Å². The third-order valence-electron chi connectivity index (χ3n) is 2.56. The summed E-state index contributed by atoms with van der Waals surface area (Å²) in [6, 6.07) is 7.89. The van der Waals surface area contributed by atoms with E-state index in [1.807, 2.05) is 18.2 Å². The van der Waals surface area contributed by atoms with Gasteiger partial charge in [-0.2, -0.15) is 0 Å². The molecule has 0 aliphatic heterocycles. The van der Waals surface area contributed by atoms with Crippen molar-refractivity contribution in [3.8, 4) is 10.6 Å². The molecule has 0 saturated carbocycles. The minimum absolute atomic E-state index is 0.668. The second kappa shape index (κ2) is 5.19. The Balaban J connectivity index is 2.34. The average molecular weight is 266 g/mol. The number of aryl methyl sites for hydroxylation is 1. The summed E-state index contributed by atoms with van der Waals surface area (Å²) in [4.78, 5) is 6.02. The lowest BCUT2D eigenvalue weighted by atomic mass is 10.1. The molecule has 0 amide bonds. The van der Waals surface area contributed by atoms with Gasteiger partial charge in [-0.3, -0.25) is 0 Å². The van der Waals surface area contributed by atoms with Crippen molar-refractivity contribution in [2.24, 2.45) is 5.92 Å². The molecule has 0 saturated heterocycles. The smallest absolute Gasteiger partial charge is 0.123 e. The van der Waals surface area contributed by atoms with Gasteiger partial charge in [0.05, 0.1) is 5.69 Å². The summed E-state index contributed by atoms with van der Waals surface area (Å²) in [5.74, 6) is 0.668. The second-order valence-corrected chi connectivity index (χ2v) is 6.16. The van der Waals surface area contributed by atoms with E-state index in [0.717, 1.165) is 27.7 Å². The second-order valence-electron chi connectivity index (χ2n) is 4.64. The van der Waals surface area contributed by atoms with Crippen LogP contribution in [0.4, 0.5) is 0 Å². The highest BCUT2D eigenvalue weighted by Gasteiger charge is 2.10. The highest BCUT2D eigenvalue weighted by atomic mass is 35.5. The molecule has 1 nitrogen and oxygen atoms in total. The maximum atomic E-state index is 6.00. The molecule has 2 aromatic rings. The number of nitrogens with zero attached hydrogens (tertiary/aromatic N) is 1. The van der Waals surface area contributed by atoms with Crippen LogP contribution in [-0.2, 0) is 6.42 Å². The fourth-order valence-electron chi connectivity index (χ4n) is 1.73. The first-order valence-electron chi connectivity index (χ1n) is 5.78. The molecule has 0 bridgehead atoms. The molecule has 0 radical (unpaired) electrons. The van der Waals surface area contributed by atoms with Crippen molar-refractivity contribution >= 4 is 22.9 Å². The van der Waals surface area contributed by atoms with Crippen LogP contribution in [0.25, 0.3) is 10.6 Å². The third kappa shape index (κ3) is 3.08. The normalized spacial score (nSPS) is 11.1. The number of halogens is 1. The molecule has 2 rings (SSSR count). The number of benzene rings is 1. The zero-order valence-corrected chi connectivity index (χ0v) is 11.9. The molecular formula is C14H16ClNS. The molecule has 90 valence electrons. The van der Waals surface area contributed by atoms with Gasteiger partial charge in [-0.15, -0.1) is 11.3 Å². The predicted octanol–water partition coefficient (Wildman–Crippen LogP) is 4.97. The van der Waals surface area contributed by atoms with Crippen molar-refractivity contribution in [2.75, 3.05) is 0 Å². The average Bonchev–Trinajstić information content (AvgIpc) is 2.59. The van der Waals surface area contributed by atoms with Gasteiger partial charge in [0.15, 0.2) is 0 Å². The SMILES string of the molecule is Cc1nc(-c2cccc(Cl)c2)sc1CC(C)C. The van der Waals surface area contributed by atoms with Crippen molar-refractivity contribution < 1.29 is 0 Å². The van der Waals surface area contributed by atoms with E-state index in [2.05, 4.69) is 31.8 Å². The molecular weight excluding hydrogens is 250 g/mol. The van der Waals surface area contributed by atoms with E-state index in [1.165, 1.54) is 4.88 Å². The number of hydrogen-bond acceptors (Lipinski definition) is 2. The van der Waals surface area contributed by atoms with Crippen LogP contribution in [0.2, 0.25) is 5.02 Å². The summed E-state index contributed by atoms with van der Waals surface area (Å²) in [5.41, 5.74) is 2.26. The van der Waals surface area contributed by atoms with Crippen LogP contribution in [0.3, 0.4) is 0 Å². The van der Waals surface area contributed by atoms with Crippen LogP contribution < -0.4 is 0 Å². The van der Waals surface area contributed by atoms with Gasteiger partial charge < -0.3 is 0 Å². The molecule has 1 heterocycles. The summed E-state index contributed by atoms with van der Waals surface area (Å²) in [7, 11) is 0. The van der Waals surface area contributed by atoms with Crippen molar-refractivity contribution in [2.45, 2.75) is 27.2 Å². The van der Waals surface area contributed by atoms with Crippen LogP contribution in [0.1, 0.15) is 24.4 Å². The molecule has 0 atom stereocenters. The zero-order valence-electron chi connectivity index (χ0n) is 10.3. The first-order valence-corrected chi connectivity index (χ1v) is 6.98. The van der Waals surface area contributed by atoms with Gasteiger partial charge in [-0.1, -0.05) is 37.6 Å². The molecule has 0 N–H and O–H groups in total. The summed E-state index contributed by atoms with van der Waals surface area (Å²) in [5, 5.41) is 1.83. The Morgan fingerprint density at radius 2 is 2.12 bits per heavy atom. The number of hydrogen-bond donors (Lipinski definition) is 0. The molecule has 3 heteroatoms. The van der Waals surface area contributed by atoms with Gasteiger partial charge >= 0.3 is 0 Å². The van der Waals surface area contributed by atoms with E-state index in [-0.39, 0.29) is 0 Å².